The Bertz CT molecular complexity index is 754. The van der Waals surface area contributed by atoms with Crippen LogP contribution < -0.4 is 5.73 Å². The molecule has 6 nitrogen and oxygen atoms in total. The number of hydrogen-bond acceptors (Lipinski definition) is 5. The van der Waals surface area contributed by atoms with Crippen molar-refractivity contribution >= 4 is 5.69 Å². The molecule has 21 heavy (non-hydrogen) atoms. The summed E-state index contributed by atoms with van der Waals surface area (Å²) >= 11 is 0. The molecule has 108 valence electrons. The lowest BCUT2D eigenvalue weighted by Crippen LogP contribution is -2.09. The summed E-state index contributed by atoms with van der Waals surface area (Å²) in [5.41, 5.74) is 10.5. The smallest absolute Gasteiger partial charge is 0.139 e. The van der Waals surface area contributed by atoms with Crippen LogP contribution in [0.5, 0.6) is 0 Å². The lowest BCUT2D eigenvalue weighted by molar-refractivity contribution is 0.391. The summed E-state index contributed by atoms with van der Waals surface area (Å²) in [5, 5.41) is 4.02. The van der Waals surface area contributed by atoms with Crippen molar-refractivity contribution in [1.29, 1.82) is 0 Å². The number of imidazole rings is 1. The molecule has 0 saturated carbocycles. The van der Waals surface area contributed by atoms with Crippen LogP contribution in [0.1, 0.15) is 30.0 Å². The van der Waals surface area contributed by atoms with Gasteiger partial charge in [-0.15, -0.1) is 0 Å². The van der Waals surface area contributed by atoms with Crippen LogP contribution in [0, 0.1) is 13.8 Å². The van der Waals surface area contributed by atoms with Gasteiger partial charge in [-0.2, -0.15) is 0 Å². The fourth-order valence-electron chi connectivity index (χ4n) is 2.67. The third kappa shape index (κ3) is 2.18. The van der Waals surface area contributed by atoms with Gasteiger partial charge in [0, 0.05) is 29.2 Å². The zero-order valence-corrected chi connectivity index (χ0v) is 12.2. The molecule has 3 heterocycles. The van der Waals surface area contributed by atoms with E-state index in [2.05, 4.69) is 26.6 Å². The zero-order valence-electron chi connectivity index (χ0n) is 12.2. The van der Waals surface area contributed by atoms with Gasteiger partial charge in [0.05, 0.1) is 30.0 Å². The number of nitrogens with two attached hydrogens (primary N) is 1. The third-order valence-corrected chi connectivity index (χ3v) is 3.72. The molecule has 2 N–H and O–H groups in total. The summed E-state index contributed by atoms with van der Waals surface area (Å²) in [5.74, 6) is 0.818. The van der Waals surface area contributed by atoms with Gasteiger partial charge in [0.25, 0.3) is 0 Å². The van der Waals surface area contributed by atoms with E-state index in [1.54, 1.807) is 31.0 Å². The average molecular weight is 283 g/mol. The van der Waals surface area contributed by atoms with Crippen molar-refractivity contribution in [2.24, 2.45) is 0 Å². The minimum Gasteiger partial charge on any atom is -0.398 e. The van der Waals surface area contributed by atoms with Crippen LogP contribution in [-0.2, 0) is 0 Å². The van der Waals surface area contributed by atoms with Gasteiger partial charge in [-0.25, -0.2) is 4.98 Å². The topological polar surface area (TPSA) is 82.8 Å². The van der Waals surface area contributed by atoms with E-state index in [9.17, 15) is 0 Å². The van der Waals surface area contributed by atoms with Gasteiger partial charge >= 0.3 is 0 Å². The van der Waals surface area contributed by atoms with Crippen molar-refractivity contribution in [2.75, 3.05) is 5.73 Å². The summed E-state index contributed by atoms with van der Waals surface area (Å²) in [4.78, 5) is 8.41. The third-order valence-electron chi connectivity index (χ3n) is 3.72. The Morgan fingerprint density at radius 3 is 2.71 bits per heavy atom. The number of anilines is 1. The highest BCUT2D eigenvalue weighted by Gasteiger charge is 2.21. The Balaban J connectivity index is 2.10. The number of nitrogens with zero attached hydrogens (tertiary/aromatic N) is 4. The van der Waals surface area contributed by atoms with E-state index in [1.165, 1.54) is 0 Å². The molecule has 0 aliphatic rings. The van der Waals surface area contributed by atoms with E-state index in [-0.39, 0.29) is 6.04 Å². The number of hydrogen-bond donors (Lipinski definition) is 1. The molecule has 0 bridgehead atoms. The van der Waals surface area contributed by atoms with Crippen molar-refractivity contribution in [2.45, 2.75) is 26.8 Å². The minimum atomic E-state index is 0.0494. The quantitative estimate of drug-likeness (QED) is 0.799. The second-order valence-electron chi connectivity index (χ2n) is 5.06. The Morgan fingerprint density at radius 2 is 2.05 bits per heavy atom. The van der Waals surface area contributed by atoms with Crippen LogP contribution in [0.25, 0.3) is 11.3 Å². The lowest BCUT2D eigenvalue weighted by Gasteiger charge is -2.17. The maximum absolute atomic E-state index is 6.05. The van der Waals surface area contributed by atoms with Gasteiger partial charge in [0.15, 0.2) is 0 Å². The molecule has 3 aromatic rings. The minimum absolute atomic E-state index is 0.0494. The zero-order chi connectivity index (χ0) is 15.0. The van der Waals surface area contributed by atoms with Crippen molar-refractivity contribution in [3.05, 3.63) is 48.0 Å². The van der Waals surface area contributed by atoms with Crippen LogP contribution in [-0.4, -0.2) is 19.7 Å². The molecule has 0 amide bonds. The van der Waals surface area contributed by atoms with Gasteiger partial charge in [0.2, 0.25) is 0 Å². The van der Waals surface area contributed by atoms with Gasteiger partial charge in [-0.3, -0.25) is 4.98 Å². The summed E-state index contributed by atoms with van der Waals surface area (Å²) < 4.78 is 7.32. The molecule has 1 unspecified atom stereocenters. The van der Waals surface area contributed by atoms with E-state index in [0.29, 0.717) is 5.69 Å². The van der Waals surface area contributed by atoms with E-state index in [1.807, 2.05) is 13.8 Å². The van der Waals surface area contributed by atoms with Crippen LogP contribution in [0.3, 0.4) is 0 Å². The standard InChI is InChI=1S/C15H17N5O/c1-9-15(11(3)21-19-9)10(2)20-8-18-7-14(20)12-6-17-5-4-13(12)16/h4-8,10H,1-3H3,(H2,16,17). The Labute approximate surface area is 122 Å². The molecular formula is C15H17N5O. The van der Waals surface area contributed by atoms with Gasteiger partial charge in [0.1, 0.15) is 5.76 Å². The predicted molar refractivity (Wildman–Crippen MR) is 79.7 cm³/mol. The van der Waals surface area contributed by atoms with Crippen LogP contribution in [0.15, 0.2) is 35.5 Å². The van der Waals surface area contributed by atoms with Crippen molar-refractivity contribution in [3.63, 3.8) is 0 Å². The molecule has 0 radical (unpaired) electrons. The number of nitrogen functional groups attached to an aromatic ring is 1. The van der Waals surface area contributed by atoms with E-state index in [0.717, 1.165) is 28.3 Å². The number of aryl methyl sites for hydroxylation is 2. The lowest BCUT2D eigenvalue weighted by atomic mass is 10.1. The van der Waals surface area contributed by atoms with E-state index in [4.69, 9.17) is 10.3 Å². The Morgan fingerprint density at radius 1 is 1.24 bits per heavy atom. The number of rotatable bonds is 3. The second-order valence-corrected chi connectivity index (χ2v) is 5.06. The fraction of sp³-hybridized carbons (Fsp3) is 0.267. The first-order valence-corrected chi connectivity index (χ1v) is 6.74. The average Bonchev–Trinajstić information content (AvgIpc) is 3.06. The highest BCUT2D eigenvalue weighted by molar-refractivity contribution is 5.72. The van der Waals surface area contributed by atoms with Gasteiger partial charge in [-0.1, -0.05) is 5.16 Å². The SMILES string of the molecule is Cc1noc(C)c1C(C)n1cncc1-c1cnccc1N. The van der Waals surface area contributed by atoms with Gasteiger partial charge in [-0.05, 0) is 26.8 Å². The molecule has 3 aromatic heterocycles. The normalized spacial score (nSPS) is 12.5. The monoisotopic (exact) mass is 283 g/mol. The largest absolute Gasteiger partial charge is 0.398 e. The molecule has 0 aliphatic heterocycles. The highest BCUT2D eigenvalue weighted by Crippen LogP contribution is 2.31. The van der Waals surface area contributed by atoms with Crippen molar-refractivity contribution < 1.29 is 4.52 Å². The van der Waals surface area contributed by atoms with Crippen LogP contribution >= 0.6 is 0 Å². The maximum Gasteiger partial charge on any atom is 0.139 e. The summed E-state index contributed by atoms with van der Waals surface area (Å²) in [6, 6.07) is 1.83. The first-order chi connectivity index (χ1) is 10.1. The van der Waals surface area contributed by atoms with Crippen LogP contribution in [0.4, 0.5) is 5.69 Å². The first kappa shape index (κ1) is 13.4. The highest BCUT2D eigenvalue weighted by atomic mass is 16.5. The Hall–Kier alpha value is -2.63. The van der Waals surface area contributed by atoms with E-state index >= 15 is 0 Å². The number of pyridine rings is 1. The molecule has 1 atom stereocenters. The predicted octanol–water partition coefficient (Wildman–Crippen LogP) is 2.74. The first-order valence-electron chi connectivity index (χ1n) is 6.74. The molecule has 0 aromatic carbocycles. The molecule has 0 saturated heterocycles. The molecule has 0 fully saturated rings. The van der Waals surface area contributed by atoms with Crippen molar-refractivity contribution in [1.82, 2.24) is 19.7 Å². The second kappa shape index (κ2) is 5.05. The van der Waals surface area contributed by atoms with Crippen LogP contribution in [0.2, 0.25) is 0 Å². The molecule has 0 spiro atoms. The molecular weight excluding hydrogens is 266 g/mol. The molecule has 0 aliphatic carbocycles. The molecule has 6 heteroatoms. The summed E-state index contributed by atoms with van der Waals surface area (Å²) in [6.45, 7) is 5.95. The maximum atomic E-state index is 6.05. The van der Waals surface area contributed by atoms with Crippen molar-refractivity contribution in [3.8, 4) is 11.3 Å². The Kier molecular flexibility index (Phi) is 3.21. The summed E-state index contributed by atoms with van der Waals surface area (Å²) in [6.07, 6.45) is 7.01. The van der Waals surface area contributed by atoms with Gasteiger partial charge < -0.3 is 14.8 Å². The fourth-order valence-corrected chi connectivity index (χ4v) is 2.67. The summed E-state index contributed by atoms with van der Waals surface area (Å²) in [7, 11) is 0. The number of aromatic nitrogens is 4. The molecule has 3 rings (SSSR count). The van der Waals surface area contributed by atoms with E-state index < -0.39 is 0 Å².